The molecular weight excluding hydrogens is 202 g/mol. The molecule has 1 aromatic carbocycles. The van der Waals surface area contributed by atoms with Crippen molar-refractivity contribution in [3.63, 3.8) is 0 Å². The molecule has 3 rings (SSSR count). The molecule has 0 amide bonds. The summed E-state index contributed by atoms with van der Waals surface area (Å²) >= 11 is 0. The molecule has 0 aliphatic carbocycles. The normalized spacial score (nSPS) is 11.1. The molecule has 0 radical (unpaired) electrons. The maximum atomic E-state index is 5.78. The molecule has 80 valence electrons. The van der Waals surface area contributed by atoms with Gasteiger partial charge in [0.05, 0.1) is 0 Å². The van der Waals surface area contributed by atoms with Crippen LogP contribution in [-0.2, 0) is 0 Å². The van der Waals surface area contributed by atoms with Gasteiger partial charge in [0.15, 0.2) is 11.4 Å². The van der Waals surface area contributed by atoms with E-state index < -0.39 is 0 Å². The second-order valence-electron chi connectivity index (χ2n) is 3.87. The summed E-state index contributed by atoms with van der Waals surface area (Å²) in [5, 5.41) is 1.03. The lowest BCUT2D eigenvalue weighted by molar-refractivity contribution is 0.664. The molecule has 0 saturated carbocycles. The Bertz CT molecular complexity index is 657. The average molecular weight is 213 g/mol. The predicted octanol–water partition coefficient (Wildman–Crippen LogP) is 2.44. The smallest absolute Gasteiger partial charge is 0.196 e. The molecule has 4 heteroatoms. The van der Waals surface area contributed by atoms with E-state index in [-0.39, 0.29) is 0 Å². The van der Waals surface area contributed by atoms with Crippen LogP contribution in [-0.4, -0.2) is 24.1 Å². The van der Waals surface area contributed by atoms with Crippen molar-refractivity contribution in [1.82, 2.24) is 9.97 Å². The van der Waals surface area contributed by atoms with E-state index in [9.17, 15) is 0 Å². The highest BCUT2D eigenvalue weighted by molar-refractivity contribution is 6.05. The maximum absolute atomic E-state index is 5.78. The standard InChI is InChI=1S/C12H11N3O/c1-15(2)12-11-10(13-7-14-12)8-5-3-4-6-9(8)16-11/h3-7H,1-2H3. The average Bonchev–Trinajstić information content (AvgIpc) is 2.67. The van der Waals surface area contributed by atoms with Crippen molar-refractivity contribution in [2.75, 3.05) is 19.0 Å². The van der Waals surface area contributed by atoms with Crippen LogP contribution in [0.15, 0.2) is 35.0 Å². The van der Waals surface area contributed by atoms with Crippen molar-refractivity contribution in [3.8, 4) is 0 Å². The second kappa shape index (κ2) is 3.20. The minimum Gasteiger partial charge on any atom is -0.450 e. The number of benzene rings is 1. The molecule has 2 aromatic heterocycles. The molecule has 0 N–H and O–H groups in total. The van der Waals surface area contributed by atoms with E-state index in [1.54, 1.807) is 6.33 Å². The van der Waals surface area contributed by atoms with E-state index in [0.29, 0.717) is 0 Å². The Morgan fingerprint density at radius 3 is 2.75 bits per heavy atom. The van der Waals surface area contributed by atoms with Crippen molar-refractivity contribution in [1.29, 1.82) is 0 Å². The Hall–Kier alpha value is -2.10. The van der Waals surface area contributed by atoms with Crippen molar-refractivity contribution in [3.05, 3.63) is 30.6 Å². The van der Waals surface area contributed by atoms with Gasteiger partial charge in [0, 0.05) is 19.5 Å². The van der Waals surface area contributed by atoms with Gasteiger partial charge in [-0.3, -0.25) is 0 Å². The number of fused-ring (bicyclic) bond motifs is 3. The molecule has 0 saturated heterocycles. The Labute approximate surface area is 92.5 Å². The SMILES string of the molecule is CN(C)c1ncnc2c1oc1ccccc12. The molecule has 3 aromatic rings. The number of hydrogen-bond donors (Lipinski definition) is 0. The summed E-state index contributed by atoms with van der Waals surface area (Å²) < 4.78 is 5.78. The van der Waals surface area contributed by atoms with Gasteiger partial charge in [-0.05, 0) is 12.1 Å². The lowest BCUT2D eigenvalue weighted by Gasteiger charge is -2.09. The first-order valence-electron chi connectivity index (χ1n) is 5.07. The number of para-hydroxylation sites is 1. The zero-order valence-corrected chi connectivity index (χ0v) is 9.14. The molecule has 0 aliphatic rings. The molecule has 0 atom stereocenters. The number of nitrogens with zero attached hydrogens (tertiary/aromatic N) is 3. The minimum absolute atomic E-state index is 0.744. The second-order valence-corrected chi connectivity index (χ2v) is 3.87. The third kappa shape index (κ3) is 1.16. The summed E-state index contributed by atoms with van der Waals surface area (Å²) in [6.07, 6.45) is 1.57. The molecule has 16 heavy (non-hydrogen) atoms. The highest BCUT2D eigenvalue weighted by Gasteiger charge is 2.13. The molecular formula is C12H11N3O. The number of rotatable bonds is 1. The summed E-state index contributed by atoms with van der Waals surface area (Å²) in [6, 6.07) is 7.88. The van der Waals surface area contributed by atoms with Crippen LogP contribution in [0, 0.1) is 0 Å². The van der Waals surface area contributed by atoms with Crippen LogP contribution < -0.4 is 4.90 Å². The fourth-order valence-corrected chi connectivity index (χ4v) is 1.83. The van der Waals surface area contributed by atoms with Gasteiger partial charge in [0.1, 0.15) is 17.4 Å². The van der Waals surface area contributed by atoms with Gasteiger partial charge < -0.3 is 9.32 Å². The fourth-order valence-electron chi connectivity index (χ4n) is 1.83. The van der Waals surface area contributed by atoms with E-state index in [0.717, 1.165) is 27.9 Å². The monoisotopic (exact) mass is 213 g/mol. The first-order valence-corrected chi connectivity index (χ1v) is 5.07. The molecule has 4 nitrogen and oxygen atoms in total. The maximum Gasteiger partial charge on any atom is 0.196 e. The van der Waals surface area contributed by atoms with Crippen LogP contribution in [0.4, 0.5) is 5.82 Å². The molecule has 0 unspecified atom stereocenters. The van der Waals surface area contributed by atoms with Crippen molar-refractivity contribution >= 4 is 27.9 Å². The van der Waals surface area contributed by atoms with Crippen molar-refractivity contribution in [2.45, 2.75) is 0 Å². The summed E-state index contributed by atoms with van der Waals surface area (Å²) in [7, 11) is 3.88. The third-order valence-corrected chi connectivity index (χ3v) is 2.56. The lowest BCUT2D eigenvalue weighted by Crippen LogP contribution is -2.10. The fraction of sp³-hybridized carbons (Fsp3) is 0.167. The summed E-state index contributed by atoms with van der Waals surface area (Å²) in [5.74, 6) is 0.807. The zero-order chi connectivity index (χ0) is 11.1. The Kier molecular flexibility index (Phi) is 1.83. The van der Waals surface area contributed by atoms with Gasteiger partial charge in [-0.1, -0.05) is 12.1 Å². The number of aromatic nitrogens is 2. The molecule has 0 aliphatic heterocycles. The topological polar surface area (TPSA) is 42.2 Å². The van der Waals surface area contributed by atoms with E-state index in [1.165, 1.54) is 0 Å². The quantitative estimate of drug-likeness (QED) is 0.622. The molecule has 2 heterocycles. The zero-order valence-electron chi connectivity index (χ0n) is 9.14. The van der Waals surface area contributed by atoms with Gasteiger partial charge in [0.2, 0.25) is 0 Å². The minimum atomic E-state index is 0.744. The van der Waals surface area contributed by atoms with Crippen LogP contribution >= 0.6 is 0 Å². The van der Waals surface area contributed by atoms with E-state index in [1.807, 2.05) is 43.3 Å². The first kappa shape index (κ1) is 9.15. The third-order valence-electron chi connectivity index (χ3n) is 2.56. The Morgan fingerprint density at radius 1 is 1.12 bits per heavy atom. The van der Waals surface area contributed by atoms with Crippen molar-refractivity contribution in [2.24, 2.45) is 0 Å². The summed E-state index contributed by atoms with van der Waals surface area (Å²) in [5.41, 5.74) is 2.46. The highest BCUT2D eigenvalue weighted by Crippen LogP contribution is 2.30. The largest absolute Gasteiger partial charge is 0.450 e. The van der Waals surface area contributed by atoms with Crippen LogP contribution in [0.1, 0.15) is 0 Å². The summed E-state index contributed by atoms with van der Waals surface area (Å²) in [6.45, 7) is 0. The van der Waals surface area contributed by atoms with Gasteiger partial charge in [-0.25, -0.2) is 9.97 Å². The number of furan rings is 1. The molecule has 0 spiro atoms. The summed E-state index contributed by atoms with van der Waals surface area (Å²) in [4.78, 5) is 10.4. The molecule has 0 bridgehead atoms. The lowest BCUT2D eigenvalue weighted by atomic mass is 10.2. The van der Waals surface area contributed by atoms with Gasteiger partial charge in [-0.15, -0.1) is 0 Å². The Morgan fingerprint density at radius 2 is 1.94 bits per heavy atom. The van der Waals surface area contributed by atoms with Gasteiger partial charge in [0.25, 0.3) is 0 Å². The van der Waals surface area contributed by atoms with Crippen LogP contribution in [0.2, 0.25) is 0 Å². The van der Waals surface area contributed by atoms with E-state index >= 15 is 0 Å². The van der Waals surface area contributed by atoms with Crippen LogP contribution in [0.25, 0.3) is 22.1 Å². The van der Waals surface area contributed by atoms with Gasteiger partial charge in [-0.2, -0.15) is 0 Å². The van der Waals surface area contributed by atoms with E-state index in [4.69, 9.17) is 4.42 Å². The van der Waals surface area contributed by atoms with Crippen molar-refractivity contribution < 1.29 is 4.42 Å². The molecule has 0 fully saturated rings. The number of hydrogen-bond acceptors (Lipinski definition) is 4. The number of anilines is 1. The Balaban J connectivity index is 2.49. The van der Waals surface area contributed by atoms with Crippen LogP contribution in [0.3, 0.4) is 0 Å². The highest BCUT2D eigenvalue weighted by atomic mass is 16.3. The van der Waals surface area contributed by atoms with Crippen LogP contribution in [0.5, 0.6) is 0 Å². The predicted molar refractivity (Wildman–Crippen MR) is 63.6 cm³/mol. The van der Waals surface area contributed by atoms with E-state index in [2.05, 4.69) is 9.97 Å². The first-order chi connectivity index (χ1) is 7.77. The van der Waals surface area contributed by atoms with Gasteiger partial charge >= 0.3 is 0 Å².